The molecular weight excluding hydrogens is 245 g/mol. The molecule has 4 nitrogen and oxygen atoms in total. The van der Waals surface area contributed by atoms with Crippen molar-refractivity contribution in [2.45, 2.75) is 33.2 Å². The summed E-state index contributed by atoms with van der Waals surface area (Å²) in [4.78, 5) is 0. The van der Waals surface area contributed by atoms with Crippen LogP contribution in [0.25, 0.3) is 0 Å². The summed E-state index contributed by atoms with van der Waals surface area (Å²) in [5.41, 5.74) is 6.63. The fourth-order valence-electron chi connectivity index (χ4n) is 1.83. The van der Waals surface area contributed by atoms with Gasteiger partial charge in [0.1, 0.15) is 5.82 Å². The minimum absolute atomic E-state index is 0.0828. The van der Waals surface area contributed by atoms with E-state index in [2.05, 4.69) is 24.3 Å². The Balaban J connectivity index is 2.52. The lowest BCUT2D eigenvalue weighted by atomic mass is 10.1. The molecule has 0 amide bonds. The van der Waals surface area contributed by atoms with E-state index in [9.17, 15) is 4.39 Å². The number of hydrogen-bond acceptors (Lipinski definition) is 3. The fourth-order valence-corrected chi connectivity index (χ4v) is 1.83. The Hall–Kier alpha value is -1.62. The molecule has 1 aromatic rings. The Labute approximate surface area is 113 Å². The van der Waals surface area contributed by atoms with Crippen molar-refractivity contribution in [2.75, 3.05) is 6.54 Å². The summed E-state index contributed by atoms with van der Waals surface area (Å²) >= 11 is 0. The second-order valence-electron chi connectivity index (χ2n) is 5.05. The van der Waals surface area contributed by atoms with E-state index in [1.165, 1.54) is 18.6 Å². The molecule has 0 aliphatic rings. The molecule has 0 heterocycles. The maximum atomic E-state index is 13.4. The van der Waals surface area contributed by atoms with Crippen molar-refractivity contribution in [3.8, 4) is 0 Å². The number of halogens is 1. The average Bonchev–Trinajstić information content (AvgIpc) is 2.36. The van der Waals surface area contributed by atoms with Crippen LogP contribution in [-0.4, -0.2) is 17.6 Å². The SMILES string of the molecule is CC(C)CCCNCc1cc(F)cc(/C(N)=N/O)c1. The summed E-state index contributed by atoms with van der Waals surface area (Å²) in [6, 6.07) is 4.41. The molecule has 0 fully saturated rings. The first-order valence-electron chi connectivity index (χ1n) is 6.51. The van der Waals surface area contributed by atoms with Crippen LogP contribution in [0, 0.1) is 11.7 Å². The number of nitrogens with one attached hydrogen (secondary N) is 1. The summed E-state index contributed by atoms with van der Waals surface area (Å²) in [7, 11) is 0. The second-order valence-corrected chi connectivity index (χ2v) is 5.05. The van der Waals surface area contributed by atoms with Crippen molar-refractivity contribution < 1.29 is 9.60 Å². The lowest BCUT2D eigenvalue weighted by molar-refractivity contribution is 0.318. The molecule has 0 bridgehead atoms. The van der Waals surface area contributed by atoms with E-state index in [0.29, 0.717) is 18.0 Å². The third-order valence-corrected chi connectivity index (χ3v) is 2.83. The van der Waals surface area contributed by atoms with Gasteiger partial charge in [0.15, 0.2) is 5.84 Å². The molecule has 0 aliphatic heterocycles. The predicted octanol–water partition coefficient (Wildman–Crippen LogP) is 2.45. The van der Waals surface area contributed by atoms with E-state index < -0.39 is 0 Å². The Morgan fingerprint density at radius 2 is 2.16 bits per heavy atom. The third kappa shape index (κ3) is 5.70. The molecule has 0 aromatic heterocycles. The van der Waals surface area contributed by atoms with Gasteiger partial charge in [-0.05, 0) is 49.1 Å². The van der Waals surface area contributed by atoms with Crippen LogP contribution < -0.4 is 11.1 Å². The molecule has 19 heavy (non-hydrogen) atoms. The van der Waals surface area contributed by atoms with Crippen molar-refractivity contribution in [3.05, 3.63) is 35.1 Å². The summed E-state index contributed by atoms with van der Waals surface area (Å²) in [5, 5.41) is 14.7. The van der Waals surface area contributed by atoms with Crippen LogP contribution in [0.2, 0.25) is 0 Å². The third-order valence-electron chi connectivity index (χ3n) is 2.83. The van der Waals surface area contributed by atoms with E-state index in [-0.39, 0.29) is 11.7 Å². The number of benzene rings is 1. The van der Waals surface area contributed by atoms with Gasteiger partial charge in [-0.1, -0.05) is 19.0 Å². The van der Waals surface area contributed by atoms with Crippen LogP contribution >= 0.6 is 0 Å². The number of oxime groups is 1. The van der Waals surface area contributed by atoms with Gasteiger partial charge < -0.3 is 16.3 Å². The summed E-state index contributed by atoms with van der Waals surface area (Å²) in [5.74, 6) is 0.228. The second kappa shape index (κ2) is 7.74. The van der Waals surface area contributed by atoms with Crippen LogP contribution in [0.5, 0.6) is 0 Å². The number of amidine groups is 1. The van der Waals surface area contributed by atoms with Crippen molar-refractivity contribution in [2.24, 2.45) is 16.8 Å². The molecule has 106 valence electrons. The van der Waals surface area contributed by atoms with E-state index in [4.69, 9.17) is 10.9 Å². The van der Waals surface area contributed by atoms with E-state index in [1.54, 1.807) is 6.07 Å². The largest absolute Gasteiger partial charge is 0.409 e. The minimum Gasteiger partial charge on any atom is -0.409 e. The van der Waals surface area contributed by atoms with E-state index in [1.807, 2.05) is 0 Å². The highest BCUT2D eigenvalue weighted by atomic mass is 19.1. The molecule has 0 radical (unpaired) electrons. The Kier molecular flexibility index (Phi) is 6.29. The van der Waals surface area contributed by atoms with Gasteiger partial charge in [0.2, 0.25) is 0 Å². The highest BCUT2D eigenvalue weighted by Crippen LogP contribution is 2.09. The highest BCUT2D eigenvalue weighted by molar-refractivity contribution is 5.97. The Morgan fingerprint density at radius 1 is 1.42 bits per heavy atom. The molecule has 1 aromatic carbocycles. The molecule has 4 N–H and O–H groups in total. The normalized spacial score (nSPS) is 12.1. The zero-order valence-corrected chi connectivity index (χ0v) is 11.5. The lowest BCUT2D eigenvalue weighted by Gasteiger charge is -2.08. The van der Waals surface area contributed by atoms with Gasteiger partial charge in [0.05, 0.1) is 0 Å². The van der Waals surface area contributed by atoms with E-state index >= 15 is 0 Å². The van der Waals surface area contributed by atoms with E-state index in [0.717, 1.165) is 18.5 Å². The van der Waals surface area contributed by atoms with Crippen LogP contribution in [-0.2, 0) is 6.54 Å². The molecule has 5 heteroatoms. The molecule has 0 atom stereocenters. The average molecular weight is 267 g/mol. The first-order valence-corrected chi connectivity index (χ1v) is 6.51. The van der Waals surface area contributed by atoms with Gasteiger partial charge in [-0.15, -0.1) is 0 Å². The molecule has 1 rings (SSSR count). The highest BCUT2D eigenvalue weighted by Gasteiger charge is 2.04. The maximum absolute atomic E-state index is 13.4. The first-order chi connectivity index (χ1) is 9.02. The monoisotopic (exact) mass is 267 g/mol. The Morgan fingerprint density at radius 3 is 2.79 bits per heavy atom. The van der Waals surface area contributed by atoms with Crippen molar-refractivity contribution >= 4 is 5.84 Å². The summed E-state index contributed by atoms with van der Waals surface area (Å²) in [6.45, 7) is 5.85. The number of hydrogen-bond donors (Lipinski definition) is 3. The van der Waals surface area contributed by atoms with Crippen LogP contribution in [0.4, 0.5) is 4.39 Å². The number of nitrogens with zero attached hydrogens (tertiary/aromatic N) is 1. The van der Waals surface area contributed by atoms with Crippen molar-refractivity contribution in [1.29, 1.82) is 0 Å². The molecule has 0 aliphatic carbocycles. The lowest BCUT2D eigenvalue weighted by Crippen LogP contribution is -2.17. The number of nitrogens with two attached hydrogens (primary N) is 1. The standard InChI is InChI=1S/C14H22FN3O/c1-10(2)4-3-5-17-9-11-6-12(14(16)18-19)8-13(15)7-11/h6-8,10,17,19H,3-5,9H2,1-2H3,(H2,16,18). The Bertz CT molecular complexity index is 433. The zero-order chi connectivity index (χ0) is 14.3. The molecule has 0 saturated carbocycles. The molecule has 0 spiro atoms. The summed E-state index contributed by atoms with van der Waals surface area (Å²) in [6.07, 6.45) is 2.27. The van der Waals surface area contributed by atoms with Gasteiger partial charge in [-0.3, -0.25) is 0 Å². The minimum atomic E-state index is -0.386. The van der Waals surface area contributed by atoms with Crippen molar-refractivity contribution in [1.82, 2.24) is 5.32 Å². The molecular formula is C14H22FN3O. The predicted molar refractivity (Wildman–Crippen MR) is 74.7 cm³/mol. The molecule has 0 saturated heterocycles. The van der Waals surface area contributed by atoms with Crippen LogP contribution in [0.3, 0.4) is 0 Å². The van der Waals surface area contributed by atoms with Gasteiger partial charge >= 0.3 is 0 Å². The van der Waals surface area contributed by atoms with Crippen molar-refractivity contribution in [3.63, 3.8) is 0 Å². The topological polar surface area (TPSA) is 70.6 Å². The number of rotatable bonds is 7. The maximum Gasteiger partial charge on any atom is 0.170 e. The van der Waals surface area contributed by atoms with Gasteiger partial charge in [0.25, 0.3) is 0 Å². The van der Waals surface area contributed by atoms with Gasteiger partial charge in [0, 0.05) is 12.1 Å². The van der Waals surface area contributed by atoms with Crippen LogP contribution in [0.15, 0.2) is 23.4 Å². The van der Waals surface area contributed by atoms with Gasteiger partial charge in [-0.2, -0.15) is 0 Å². The quantitative estimate of drug-likeness (QED) is 0.234. The van der Waals surface area contributed by atoms with Gasteiger partial charge in [-0.25, -0.2) is 4.39 Å². The molecule has 0 unspecified atom stereocenters. The zero-order valence-electron chi connectivity index (χ0n) is 11.5. The summed E-state index contributed by atoms with van der Waals surface area (Å²) < 4.78 is 13.4. The fraction of sp³-hybridized carbons (Fsp3) is 0.500. The van der Waals surface area contributed by atoms with Crippen LogP contribution in [0.1, 0.15) is 37.8 Å². The first kappa shape index (κ1) is 15.4. The smallest absolute Gasteiger partial charge is 0.170 e.